The van der Waals surface area contributed by atoms with E-state index in [1.807, 2.05) is 24.3 Å². The number of methoxy groups -OCH3 is 1. The smallest absolute Gasteiger partial charge is 0.230 e. The second kappa shape index (κ2) is 8.49. The third kappa shape index (κ3) is 5.45. The van der Waals surface area contributed by atoms with Crippen LogP contribution in [0.4, 0.5) is 0 Å². The topological polar surface area (TPSA) is 38.3 Å². The molecule has 3 nitrogen and oxygen atoms in total. The zero-order valence-corrected chi connectivity index (χ0v) is 13.8. The SMILES string of the molecule is COc1cccc(CNC(=O)CSCc2ccc(C)cc2)c1. The number of hydrogen-bond acceptors (Lipinski definition) is 3. The molecule has 0 aliphatic carbocycles. The van der Waals surface area contributed by atoms with Crippen LogP contribution in [0.2, 0.25) is 0 Å². The van der Waals surface area contributed by atoms with Gasteiger partial charge >= 0.3 is 0 Å². The predicted molar refractivity (Wildman–Crippen MR) is 92.2 cm³/mol. The molecule has 1 amide bonds. The Morgan fingerprint density at radius 1 is 1.14 bits per heavy atom. The second-order valence-electron chi connectivity index (χ2n) is 5.11. The second-order valence-corrected chi connectivity index (χ2v) is 6.09. The Balaban J connectivity index is 1.70. The quantitative estimate of drug-likeness (QED) is 0.849. The maximum Gasteiger partial charge on any atom is 0.230 e. The normalized spacial score (nSPS) is 10.3. The van der Waals surface area contributed by atoms with E-state index in [2.05, 4.69) is 36.5 Å². The molecular formula is C18H21NO2S. The molecule has 22 heavy (non-hydrogen) atoms. The van der Waals surface area contributed by atoms with Gasteiger partial charge < -0.3 is 10.1 Å². The first kappa shape index (κ1) is 16.4. The van der Waals surface area contributed by atoms with Crippen LogP contribution in [0.3, 0.4) is 0 Å². The molecule has 0 radical (unpaired) electrons. The van der Waals surface area contributed by atoms with Crippen molar-refractivity contribution in [3.8, 4) is 5.75 Å². The van der Waals surface area contributed by atoms with Gasteiger partial charge in [-0.3, -0.25) is 4.79 Å². The Morgan fingerprint density at radius 3 is 2.64 bits per heavy atom. The Hall–Kier alpha value is -1.94. The predicted octanol–water partition coefficient (Wildman–Crippen LogP) is 3.55. The van der Waals surface area contributed by atoms with Crippen LogP contribution in [-0.4, -0.2) is 18.8 Å². The van der Waals surface area contributed by atoms with Crippen molar-refractivity contribution in [2.24, 2.45) is 0 Å². The lowest BCUT2D eigenvalue weighted by molar-refractivity contribution is -0.118. The van der Waals surface area contributed by atoms with Gasteiger partial charge in [0.1, 0.15) is 5.75 Å². The molecule has 0 atom stereocenters. The number of amides is 1. The highest BCUT2D eigenvalue weighted by Crippen LogP contribution is 2.14. The molecule has 0 saturated heterocycles. The summed E-state index contributed by atoms with van der Waals surface area (Å²) in [5.74, 6) is 2.19. The number of hydrogen-bond donors (Lipinski definition) is 1. The van der Waals surface area contributed by atoms with Crippen LogP contribution in [0, 0.1) is 6.92 Å². The van der Waals surface area contributed by atoms with Crippen LogP contribution in [0.1, 0.15) is 16.7 Å². The minimum atomic E-state index is 0.0555. The fourth-order valence-electron chi connectivity index (χ4n) is 1.98. The summed E-state index contributed by atoms with van der Waals surface area (Å²) >= 11 is 1.63. The van der Waals surface area contributed by atoms with Gasteiger partial charge in [0.25, 0.3) is 0 Å². The molecule has 2 aromatic rings. The van der Waals surface area contributed by atoms with E-state index in [1.165, 1.54) is 11.1 Å². The maximum atomic E-state index is 11.9. The molecule has 2 aromatic carbocycles. The number of benzene rings is 2. The fraction of sp³-hybridized carbons (Fsp3) is 0.278. The molecule has 116 valence electrons. The lowest BCUT2D eigenvalue weighted by atomic mass is 10.2. The van der Waals surface area contributed by atoms with Crippen LogP contribution < -0.4 is 10.1 Å². The highest BCUT2D eigenvalue weighted by molar-refractivity contribution is 7.99. The van der Waals surface area contributed by atoms with Crippen molar-refractivity contribution < 1.29 is 9.53 Å². The van der Waals surface area contributed by atoms with Crippen molar-refractivity contribution >= 4 is 17.7 Å². The first-order valence-corrected chi connectivity index (χ1v) is 8.36. The maximum absolute atomic E-state index is 11.9. The van der Waals surface area contributed by atoms with Crippen LogP contribution in [0.15, 0.2) is 48.5 Å². The summed E-state index contributed by atoms with van der Waals surface area (Å²) in [6.07, 6.45) is 0. The third-order valence-electron chi connectivity index (χ3n) is 3.25. The molecule has 0 aromatic heterocycles. The zero-order chi connectivity index (χ0) is 15.8. The van der Waals surface area contributed by atoms with Gasteiger partial charge in [0.2, 0.25) is 5.91 Å². The molecule has 4 heteroatoms. The van der Waals surface area contributed by atoms with E-state index in [0.717, 1.165) is 17.1 Å². The largest absolute Gasteiger partial charge is 0.497 e. The molecule has 0 spiro atoms. The van der Waals surface area contributed by atoms with Gasteiger partial charge in [-0.05, 0) is 30.2 Å². The van der Waals surface area contributed by atoms with Crippen LogP contribution in [-0.2, 0) is 17.1 Å². The van der Waals surface area contributed by atoms with Crippen molar-refractivity contribution in [2.75, 3.05) is 12.9 Å². The first-order chi connectivity index (χ1) is 10.7. The van der Waals surface area contributed by atoms with Gasteiger partial charge in [-0.25, -0.2) is 0 Å². The van der Waals surface area contributed by atoms with Gasteiger partial charge in [0, 0.05) is 12.3 Å². The lowest BCUT2D eigenvalue weighted by Gasteiger charge is -2.07. The number of aryl methyl sites for hydroxylation is 1. The number of carbonyl (C=O) groups excluding carboxylic acids is 1. The third-order valence-corrected chi connectivity index (χ3v) is 4.25. The first-order valence-electron chi connectivity index (χ1n) is 7.20. The van der Waals surface area contributed by atoms with Gasteiger partial charge in [0.15, 0.2) is 0 Å². The molecule has 0 saturated carbocycles. The highest BCUT2D eigenvalue weighted by Gasteiger charge is 2.03. The van der Waals surface area contributed by atoms with E-state index in [4.69, 9.17) is 4.74 Å². The molecule has 0 aliphatic heterocycles. The molecule has 0 aliphatic rings. The number of carbonyl (C=O) groups is 1. The summed E-state index contributed by atoms with van der Waals surface area (Å²) in [6, 6.07) is 16.1. The monoisotopic (exact) mass is 315 g/mol. The van der Waals surface area contributed by atoms with E-state index >= 15 is 0 Å². The van der Waals surface area contributed by atoms with Crippen molar-refractivity contribution in [3.63, 3.8) is 0 Å². The molecular weight excluding hydrogens is 294 g/mol. The van der Waals surface area contributed by atoms with Gasteiger partial charge in [-0.1, -0.05) is 42.0 Å². The number of nitrogens with one attached hydrogen (secondary N) is 1. The number of rotatable bonds is 7. The molecule has 0 unspecified atom stereocenters. The molecule has 2 rings (SSSR count). The number of ether oxygens (including phenoxy) is 1. The van der Waals surface area contributed by atoms with E-state index in [1.54, 1.807) is 18.9 Å². The lowest BCUT2D eigenvalue weighted by Crippen LogP contribution is -2.24. The summed E-state index contributed by atoms with van der Waals surface area (Å²) in [4.78, 5) is 11.9. The summed E-state index contributed by atoms with van der Waals surface area (Å²) in [7, 11) is 1.64. The van der Waals surface area contributed by atoms with Crippen molar-refractivity contribution in [1.29, 1.82) is 0 Å². The Labute approximate surface area is 136 Å². The zero-order valence-electron chi connectivity index (χ0n) is 13.0. The Bertz CT molecular complexity index is 611. The standard InChI is InChI=1S/C18H21NO2S/c1-14-6-8-15(9-7-14)12-22-13-18(20)19-11-16-4-3-5-17(10-16)21-2/h3-10H,11-13H2,1-2H3,(H,19,20). The van der Waals surface area contributed by atoms with E-state index in [-0.39, 0.29) is 5.91 Å². The van der Waals surface area contributed by atoms with Crippen LogP contribution in [0.25, 0.3) is 0 Å². The Morgan fingerprint density at radius 2 is 1.91 bits per heavy atom. The van der Waals surface area contributed by atoms with E-state index in [9.17, 15) is 4.79 Å². The van der Waals surface area contributed by atoms with Crippen molar-refractivity contribution in [3.05, 3.63) is 65.2 Å². The molecule has 0 bridgehead atoms. The van der Waals surface area contributed by atoms with E-state index in [0.29, 0.717) is 12.3 Å². The minimum absolute atomic E-state index is 0.0555. The van der Waals surface area contributed by atoms with Gasteiger partial charge in [-0.2, -0.15) is 0 Å². The number of thioether (sulfide) groups is 1. The average molecular weight is 315 g/mol. The highest BCUT2D eigenvalue weighted by atomic mass is 32.2. The summed E-state index contributed by atoms with van der Waals surface area (Å²) in [5, 5.41) is 2.93. The molecule has 0 fully saturated rings. The molecule has 0 heterocycles. The minimum Gasteiger partial charge on any atom is -0.497 e. The van der Waals surface area contributed by atoms with Crippen molar-refractivity contribution in [2.45, 2.75) is 19.2 Å². The van der Waals surface area contributed by atoms with Crippen molar-refractivity contribution in [1.82, 2.24) is 5.32 Å². The Kier molecular flexibility index (Phi) is 6.34. The summed E-state index contributed by atoms with van der Waals surface area (Å²) < 4.78 is 5.17. The fourth-order valence-corrected chi connectivity index (χ4v) is 2.80. The van der Waals surface area contributed by atoms with Crippen LogP contribution >= 0.6 is 11.8 Å². The van der Waals surface area contributed by atoms with Gasteiger partial charge in [-0.15, -0.1) is 11.8 Å². The van der Waals surface area contributed by atoms with Crippen LogP contribution in [0.5, 0.6) is 5.75 Å². The average Bonchev–Trinajstić information content (AvgIpc) is 2.55. The van der Waals surface area contributed by atoms with Gasteiger partial charge in [0.05, 0.1) is 12.9 Å². The van der Waals surface area contributed by atoms with E-state index < -0.39 is 0 Å². The molecule has 1 N–H and O–H groups in total. The summed E-state index contributed by atoms with van der Waals surface area (Å²) in [5.41, 5.74) is 3.54. The summed E-state index contributed by atoms with van der Waals surface area (Å²) in [6.45, 7) is 2.60.